The van der Waals surface area contributed by atoms with Gasteiger partial charge in [0.15, 0.2) is 0 Å². The molecule has 1 heterocycles. The fourth-order valence-electron chi connectivity index (χ4n) is 4.50. The highest BCUT2D eigenvalue weighted by molar-refractivity contribution is 6.03. The van der Waals surface area contributed by atoms with Gasteiger partial charge in [0.25, 0.3) is 0 Å². The second-order valence-electron chi connectivity index (χ2n) is 8.43. The third-order valence-corrected chi connectivity index (χ3v) is 6.31. The maximum atomic E-state index is 13.5. The summed E-state index contributed by atoms with van der Waals surface area (Å²) in [6.07, 6.45) is 3.59. The Labute approximate surface area is 194 Å². The standard InChI is InChI=1S/C28H28FNO3/c1-33-26(31)19-12-21-10-13-22(14-11-21)27-25(9-5-8-20-6-3-2-4-7-20)28(32)30(27)24-17-15-23(29)16-18-24/h2-4,6-7,10-11,13-18,25,27H,5,8-9,12,19H2,1H3/t25-,27-/m1/s1. The number of hydrogen-bond donors (Lipinski definition) is 0. The lowest BCUT2D eigenvalue weighted by Crippen LogP contribution is -2.55. The van der Waals surface area contributed by atoms with E-state index < -0.39 is 0 Å². The van der Waals surface area contributed by atoms with Crippen LogP contribution in [0.5, 0.6) is 0 Å². The first-order valence-corrected chi connectivity index (χ1v) is 11.3. The smallest absolute Gasteiger partial charge is 0.305 e. The van der Waals surface area contributed by atoms with Gasteiger partial charge in [-0.1, -0.05) is 54.6 Å². The molecule has 1 aliphatic heterocycles. The van der Waals surface area contributed by atoms with Gasteiger partial charge in [-0.25, -0.2) is 4.39 Å². The first-order valence-electron chi connectivity index (χ1n) is 11.3. The maximum absolute atomic E-state index is 13.5. The molecule has 1 amide bonds. The molecule has 4 rings (SSSR count). The van der Waals surface area contributed by atoms with Crippen molar-refractivity contribution >= 4 is 17.6 Å². The zero-order valence-electron chi connectivity index (χ0n) is 18.7. The Balaban J connectivity index is 1.50. The summed E-state index contributed by atoms with van der Waals surface area (Å²) in [4.78, 5) is 26.3. The Morgan fingerprint density at radius 1 is 0.909 bits per heavy atom. The second kappa shape index (κ2) is 10.4. The molecule has 0 N–H and O–H groups in total. The van der Waals surface area contributed by atoms with Crippen LogP contribution in [0.4, 0.5) is 10.1 Å². The summed E-state index contributed by atoms with van der Waals surface area (Å²) in [5.74, 6) is -0.587. The first kappa shape index (κ1) is 22.7. The average Bonchev–Trinajstić information content (AvgIpc) is 2.85. The number of carbonyl (C=O) groups excluding carboxylic acids is 2. The number of rotatable bonds is 9. The lowest BCUT2D eigenvalue weighted by Gasteiger charge is -2.47. The Hall–Kier alpha value is -3.47. The molecule has 1 saturated heterocycles. The number of ether oxygens (including phenoxy) is 1. The van der Waals surface area contributed by atoms with E-state index in [4.69, 9.17) is 4.74 Å². The van der Waals surface area contributed by atoms with Crippen molar-refractivity contribution in [2.45, 2.75) is 38.1 Å². The van der Waals surface area contributed by atoms with E-state index in [0.717, 1.165) is 30.4 Å². The summed E-state index contributed by atoms with van der Waals surface area (Å²) < 4.78 is 18.2. The number of esters is 1. The van der Waals surface area contributed by atoms with Crippen LogP contribution in [0.1, 0.15) is 42.0 Å². The maximum Gasteiger partial charge on any atom is 0.305 e. The number of methoxy groups -OCH3 is 1. The van der Waals surface area contributed by atoms with E-state index in [1.165, 1.54) is 24.8 Å². The van der Waals surface area contributed by atoms with Gasteiger partial charge < -0.3 is 9.64 Å². The molecule has 1 aliphatic rings. The normalized spacial score (nSPS) is 17.5. The zero-order valence-corrected chi connectivity index (χ0v) is 18.7. The molecule has 1 fully saturated rings. The van der Waals surface area contributed by atoms with E-state index >= 15 is 0 Å². The molecule has 2 atom stereocenters. The lowest BCUT2D eigenvalue weighted by molar-refractivity contribution is -0.140. The van der Waals surface area contributed by atoms with Gasteiger partial charge in [0, 0.05) is 12.1 Å². The summed E-state index contributed by atoms with van der Waals surface area (Å²) in [6.45, 7) is 0. The minimum absolute atomic E-state index is 0.0782. The summed E-state index contributed by atoms with van der Waals surface area (Å²) in [6, 6.07) is 24.4. The Morgan fingerprint density at radius 3 is 2.24 bits per heavy atom. The molecule has 0 radical (unpaired) electrons. The van der Waals surface area contributed by atoms with Gasteiger partial charge in [-0.15, -0.1) is 0 Å². The fraction of sp³-hybridized carbons (Fsp3) is 0.286. The number of β-lactam (4-membered cyclic amide) rings is 1. The minimum Gasteiger partial charge on any atom is -0.469 e. The molecule has 0 unspecified atom stereocenters. The van der Waals surface area contributed by atoms with E-state index in [1.54, 1.807) is 17.0 Å². The van der Waals surface area contributed by atoms with Crippen LogP contribution in [0.15, 0.2) is 78.9 Å². The van der Waals surface area contributed by atoms with Crippen LogP contribution in [-0.4, -0.2) is 19.0 Å². The van der Waals surface area contributed by atoms with Crippen molar-refractivity contribution in [3.8, 4) is 0 Å². The van der Waals surface area contributed by atoms with Crippen LogP contribution in [0.2, 0.25) is 0 Å². The summed E-state index contributed by atoms with van der Waals surface area (Å²) >= 11 is 0. The van der Waals surface area contributed by atoms with Crippen molar-refractivity contribution in [3.63, 3.8) is 0 Å². The van der Waals surface area contributed by atoms with E-state index in [9.17, 15) is 14.0 Å². The highest BCUT2D eigenvalue weighted by atomic mass is 19.1. The van der Waals surface area contributed by atoms with E-state index in [2.05, 4.69) is 12.1 Å². The highest BCUT2D eigenvalue weighted by Crippen LogP contribution is 2.45. The third-order valence-electron chi connectivity index (χ3n) is 6.31. The molecule has 3 aromatic rings. The molecule has 5 heteroatoms. The monoisotopic (exact) mass is 445 g/mol. The van der Waals surface area contributed by atoms with Crippen LogP contribution in [0.3, 0.4) is 0 Å². The van der Waals surface area contributed by atoms with Gasteiger partial charge in [0.1, 0.15) is 5.82 Å². The number of nitrogens with zero attached hydrogens (tertiary/aromatic N) is 1. The molecule has 0 saturated carbocycles. The molecule has 4 nitrogen and oxygen atoms in total. The van der Waals surface area contributed by atoms with Gasteiger partial charge in [-0.3, -0.25) is 9.59 Å². The van der Waals surface area contributed by atoms with E-state index in [1.807, 2.05) is 42.5 Å². The molecule has 0 aliphatic carbocycles. The topological polar surface area (TPSA) is 46.6 Å². The van der Waals surface area contributed by atoms with Gasteiger partial charge in [0.2, 0.25) is 5.91 Å². The van der Waals surface area contributed by atoms with Crippen molar-refractivity contribution < 1.29 is 18.7 Å². The molecule has 0 spiro atoms. The largest absolute Gasteiger partial charge is 0.469 e. The van der Waals surface area contributed by atoms with Crippen LogP contribution in [0.25, 0.3) is 0 Å². The first-order chi connectivity index (χ1) is 16.1. The fourth-order valence-corrected chi connectivity index (χ4v) is 4.50. The van der Waals surface area contributed by atoms with Gasteiger partial charge in [-0.05, 0) is 66.6 Å². The van der Waals surface area contributed by atoms with Crippen molar-refractivity contribution in [2.24, 2.45) is 5.92 Å². The number of amides is 1. The summed E-state index contributed by atoms with van der Waals surface area (Å²) in [5, 5.41) is 0. The van der Waals surface area contributed by atoms with Gasteiger partial charge in [-0.2, -0.15) is 0 Å². The van der Waals surface area contributed by atoms with Crippen molar-refractivity contribution in [2.75, 3.05) is 12.0 Å². The molecule has 3 aromatic carbocycles. The molecular formula is C28H28FNO3. The molecule has 170 valence electrons. The molecule has 0 bridgehead atoms. The second-order valence-corrected chi connectivity index (χ2v) is 8.43. The number of benzene rings is 3. The number of hydrogen-bond acceptors (Lipinski definition) is 3. The number of anilines is 1. The van der Waals surface area contributed by atoms with Crippen LogP contribution in [-0.2, 0) is 27.2 Å². The zero-order chi connectivity index (χ0) is 23.2. The van der Waals surface area contributed by atoms with E-state index in [-0.39, 0.29) is 29.7 Å². The van der Waals surface area contributed by atoms with Crippen LogP contribution < -0.4 is 4.90 Å². The van der Waals surface area contributed by atoms with Gasteiger partial charge >= 0.3 is 5.97 Å². The van der Waals surface area contributed by atoms with Crippen LogP contribution in [0, 0.1) is 11.7 Å². The Bertz CT molecular complexity index is 1080. The summed E-state index contributed by atoms with van der Waals surface area (Å²) in [7, 11) is 1.39. The molecule has 33 heavy (non-hydrogen) atoms. The van der Waals surface area contributed by atoms with Crippen molar-refractivity contribution in [3.05, 3.63) is 101 Å². The Kier molecular flexibility index (Phi) is 7.18. The minimum atomic E-state index is -0.322. The predicted molar refractivity (Wildman–Crippen MR) is 126 cm³/mol. The number of aryl methyl sites for hydroxylation is 2. The average molecular weight is 446 g/mol. The third kappa shape index (κ3) is 5.30. The van der Waals surface area contributed by atoms with Crippen molar-refractivity contribution in [1.29, 1.82) is 0 Å². The molecular weight excluding hydrogens is 417 g/mol. The Morgan fingerprint density at radius 2 is 1.58 bits per heavy atom. The van der Waals surface area contributed by atoms with Crippen molar-refractivity contribution in [1.82, 2.24) is 0 Å². The lowest BCUT2D eigenvalue weighted by atomic mass is 9.78. The van der Waals surface area contributed by atoms with E-state index in [0.29, 0.717) is 18.5 Å². The highest BCUT2D eigenvalue weighted by Gasteiger charge is 2.48. The number of halogens is 1. The number of carbonyl (C=O) groups is 2. The predicted octanol–water partition coefficient (Wildman–Crippen LogP) is 5.66. The SMILES string of the molecule is COC(=O)CCc1ccc([C@@H]2[C@@H](CCCc3ccccc3)C(=O)N2c2ccc(F)cc2)cc1. The molecule has 0 aromatic heterocycles. The summed E-state index contributed by atoms with van der Waals surface area (Å²) in [5.41, 5.74) is 4.07. The quantitative estimate of drug-likeness (QED) is 0.315. The van der Waals surface area contributed by atoms with Crippen LogP contribution >= 0.6 is 0 Å². The van der Waals surface area contributed by atoms with Gasteiger partial charge in [0.05, 0.1) is 19.1 Å².